The van der Waals surface area contributed by atoms with Crippen LogP contribution in [0.25, 0.3) is 0 Å². The maximum Gasteiger partial charge on any atom is 0.262 e. The molecule has 1 N–H and O–H groups in total. The molecule has 3 aromatic rings. The summed E-state index contributed by atoms with van der Waals surface area (Å²) in [6.45, 7) is 3.90. The molecule has 8 nitrogen and oxygen atoms in total. The van der Waals surface area contributed by atoms with Crippen LogP contribution in [0.15, 0.2) is 78.9 Å². The fourth-order valence-corrected chi connectivity index (χ4v) is 6.02. The fourth-order valence-electron chi connectivity index (χ4n) is 6.02. The van der Waals surface area contributed by atoms with Crippen molar-refractivity contribution in [3.8, 4) is 0 Å². The molecule has 6 rings (SSSR count). The summed E-state index contributed by atoms with van der Waals surface area (Å²) in [5, 5.41) is 2.25. The van der Waals surface area contributed by atoms with E-state index in [1.165, 1.54) is 11.1 Å². The molecule has 3 aliphatic heterocycles. The molecule has 3 aromatic carbocycles. The van der Waals surface area contributed by atoms with Crippen LogP contribution in [0.5, 0.6) is 0 Å². The number of hydrogen-bond donors (Lipinski definition) is 1. The lowest BCUT2D eigenvalue weighted by molar-refractivity contribution is -0.136. The number of piperazine rings is 1. The van der Waals surface area contributed by atoms with Crippen molar-refractivity contribution in [1.82, 2.24) is 20.0 Å². The lowest BCUT2D eigenvalue weighted by Crippen LogP contribution is -2.54. The van der Waals surface area contributed by atoms with Crippen molar-refractivity contribution in [2.45, 2.75) is 31.5 Å². The number of carbonyl (C=O) groups excluding carboxylic acids is 4. The number of benzene rings is 3. The van der Waals surface area contributed by atoms with Gasteiger partial charge in [0.2, 0.25) is 11.8 Å². The highest BCUT2D eigenvalue weighted by atomic mass is 16.2. The second-order valence-corrected chi connectivity index (χ2v) is 10.3. The normalized spacial score (nSPS) is 20.4. The van der Waals surface area contributed by atoms with Crippen LogP contribution >= 0.6 is 0 Å². The third kappa shape index (κ3) is 4.77. The summed E-state index contributed by atoms with van der Waals surface area (Å²) in [4.78, 5) is 56.5. The molecule has 0 aromatic heterocycles. The molecule has 3 aliphatic rings. The molecule has 1 unspecified atom stereocenters. The van der Waals surface area contributed by atoms with Crippen molar-refractivity contribution >= 4 is 23.6 Å². The van der Waals surface area contributed by atoms with Crippen LogP contribution in [0.1, 0.15) is 56.3 Å². The first-order valence-electron chi connectivity index (χ1n) is 13.4. The van der Waals surface area contributed by atoms with Gasteiger partial charge in [0, 0.05) is 39.1 Å². The Morgan fingerprint density at radius 3 is 2.00 bits per heavy atom. The first-order valence-corrected chi connectivity index (χ1v) is 13.4. The fraction of sp³-hybridized carbons (Fsp3) is 0.290. The maximum absolute atomic E-state index is 13.5. The van der Waals surface area contributed by atoms with Gasteiger partial charge in [0.25, 0.3) is 11.8 Å². The van der Waals surface area contributed by atoms with Crippen LogP contribution in [0.2, 0.25) is 0 Å². The summed E-state index contributed by atoms with van der Waals surface area (Å²) >= 11 is 0. The smallest absolute Gasteiger partial charge is 0.262 e. The SMILES string of the molecule is O=C1CCC(N2C(=O)c3cccc(CN4CCN(C(c5ccccc5)c5ccccc5)CC4)c3C2=O)C(=O)N1. The number of nitrogens with one attached hydrogen (secondary N) is 1. The number of fused-ring (bicyclic) bond motifs is 1. The minimum Gasteiger partial charge on any atom is -0.297 e. The number of hydrogen-bond acceptors (Lipinski definition) is 6. The summed E-state index contributed by atoms with van der Waals surface area (Å²) in [7, 11) is 0. The summed E-state index contributed by atoms with van der Waals surface area (Å²) in [5.41, 5.74) is 4.01. The molecule has 1 atom stereocenters. The molecular formula is C31H30N4O4. The number of nitrogens with zero attached hydrogens (tertiary/aromatic N) is 3. The van der Waals surface area contributed by atoms with Crippen molar-refractivity contribution < 1.29 is 19.2 Å². The summed E-state index contributed by atoms with van der Waals surface area (Å²) in [5.74, 6) is -1.89. The largest absolute Gasteiger partial charge is 0.297 e. The predicted octanol–water partition coefficient (Wildman–Crippen LogP) is 3.00. The molecule has 0 spiro atoms. The van der Waals surface area contributed by atoms with Gasteiger partial charge in [-0.2, -0.15) is 0 Å². The van der Waals surface area contributed by atoms with Crippen LogP contribution in [0, 0.1) is 0 Å². The van der Waals surface area contributed by atoms with Gasteiger partial charge in [0.05, 0.1) is 17.2 Å². The summed E-state index contributed by atoms with van der Waals surface area (Å²) in [6.07, 6.45) is 0.255. The Morgan fingerprint density at radius 2 is 1.38 bits per heavy atom. The van der Waals surface area contributed by atoms with E-state index < -0.39 is 23.8 Å². The summed E-state index contributed by atoms with van der Waals surface area (Å²) < 4.78 is 0. The number of carbonyl (C=O) groups is 4. The van der Waals surface area contributed by atoms with E-state index in [1.807, 2.05) is 18.2 Å². The minimum atomic E-state index is -0.959. The predicted molar refractivity (Wildman–Crippen MR) is 145 cm³/mol. The third-order valence-corrected chi connectivity index (χ3v) is 7.95. The topological polar surface area (TPSA) is 90.0 Å². The molecule has 198 valence electrons. The number of rotatable bonds is 6. The number of piperidine rings is 1. The van der Waals surface area contributed by atoms with Gasteiger partial charge in [-0.25, -0.2) is 0 Å². The van der Waals surface area contributed by atoms with E-state index in [9.17, 15) is 19.2 Å². The molecule has 0 saturated carbocycles. The molecule has 4 amide bonds. The number of imide groups is 2. The summed E-state index contributed by atoms with van der Waals surface area (Å²) in [6, 6.07) is 25.6. The minimum absolute atomic E-state index is 0.105. The highest BCUT2D eigenvalue weighted by molar-refractivity contribution is 6.24. The van der Waals surface area contributed by atoms with Gasteiger partial charge in [-0.05, 0) is 29.2 Å². The zero-order chi connectivity index (χ0) is 26.9. The Kier molecular flexibility index (Phi) is 6.81. The lowest BCUT2D eigenvalue weighted by Gasteiger charge is -2.40. The molecule has 3 heterocycles. The quantitative estimate of drug-likeness (QED) is 0.501. The van der Waals surface area contributed by atoms with Crippen molar-refractivity contribution in [1.29, 1.82) is 0 Å². The molecule has 0 radical (unpaired) electrons. The van der Waals surface area contributed by atoms with Gasteiger partial charge in [-0.3, -0.25) is 39.2 Å². The average molecular weight is 523 g/mol. The second kappa shape index (κ2) is 10.6. The van der Waals surface area contributed by atoms with Crippen LogP contribution in [-0.2, 0) is 16.1 Å². The van der Waals surface area contributed by atoms with Gasteiger partial charge in [0.15, 0.2) is 0 Å². The zero-order valence-electron chi connectivity index (χ0n) is 21.6. The van der Waals surface area contributed by atoms with Gasteiger partial charge < -0.3 is 0 Å². The molecule has 0 aliphatic carbocycles. The monoisotopic (exact) mass is 522 g/mol. The van der Waals surface area contributed by atoms with Crippen molar-refractivity contribution in [2.24, 2.45) is 0 Å². The van der Waals surface area contributed by atoms with Crippen molar-refractivity contribution in [3.05, 3.63) is 107 Å². The first kappa shape index (κ1) is 25.2. The highest BCUT2D eigenvalue weighted by Gasteiger charge is 2.45. The Bertz CT molecular complexity index is 1380. The van der Waals surface area contributed by atoms with Crippen LogP contribution in [0.3, 0.4) is 0 Å². The zero-order valence-corrected chi connectivity index (χ0v) is 21.6. The Morgan fingerprint density at radius 1 is 0.744 bits per heavy atom. The highest BCUT2D eigenvalue weighted by Crippen LogP contribution is 2.32. The van der Waals surface area contributed by atoms with E-state index in [2.05, 4.69) is 63.6 Å². The van der Waals surface area contributed by atoms with Gasteiger partial charge in [0.1, 0.15) is 6.04 Å². The van der Waals surface area contributed by atoms with E-state index in [0.717, 1.165) is 36.6 Å². The standard InChI is InChI=1S/C31H30N4O4/c36-26-15-14-25(29(37)32-26)35-30(38)24-13-7-12-23(27(24)31(35)39)20-33-16-18-34(19-17-33)28(21-8-3-1-4-9-21)22-10-5-2-6-11-22/h1-13,25,28H,14-20H2,(H,32,36,37). The van der Waals surface area contributed by atoms with Gasteiger partial charge >= 0.3 is 0 Å². The van der Waals surface area contributed by atoms with E-state index >= 15 is 0 Å². The molecule has 39 heavy (non-hydrogen) atoms. The molecule has 0 bridgehead atoms. The first-order chi connectivity index (χ1) is 19.0. The molecule has 2 saturated heterocycles. The van der Waals surface area contributed by atoms with E-state index in [-0.39, 0.29) is 24.8 Å². The van der Waals surface area contributed by atoms with Gasteiger partial charge in [-0.1, -0.05) is 72.8 Å². The van der Waals surface area contributed by atoms with E-state index in [0.29, 0.717) is 17.7 Å². The number of amides is 4. The Balaban J connectivity index is 1.18. The van der Waals surface area contributed by atoms with Gasteiger partial charge in [-0.15, -0.1) is 0 Å². The van der Waals surface area contributed by atoms with Crippen molar-refractivity contribution in [3.63, 3.8) is 0 Å². The van der Waals surface area contributed by atoms with Crippen LogP contribution in [-0.4, -0.2) is 70.5 Å². The molecule has 2 fully saturated rings. The Hall–Kier alpha value is -4.14. The van der Waals surface area contributed by atoms with E-state index in [1.54, 1.807) is 12.1 Å². The average Bonchev–Trinajstić information content (AvgIpc) is 3.21. The lowest BCUT2D eigenvalue weighted by atomic mass is 9.96. The third-order valence-electron chi connectivity index (χ3n) is 7.95. The molecule has 8 heteroatoms. The van der Waals surface area contributed by atoms with Crippen LogP contribution in [0.4, 0.5) is 0 Å². The van der Waals surface area contributed by atoms with Crippen molar-refractivity contribution in [2.75, 3.05) is 26.2 Å². The maximum atomic E-state index is 13.5. The van der Waals surface area contributed by atoms with E-state index in [4.69, 9.17) is 0 Å². The Labute approximate surface area is 227 Å². The molecular weight excluding hydrogens is 492 g/mol. The van der Waals surface area contributed by atoms with Crippen LogP contribution < -0.4 is 5.32 Å². The second-order valence-electron chi connectivity index (χ2n) is 10.3.